The highest BCUT2D eigenvalue weighted by Gasteiger charge is 2.32. The number of ether oxygens (including phenoxy) is 3. The Bertz CT molecular complexity index is 567. The Hall–Kier alpha value is -2.32. The first-order valence-corrected chi connectivity index (χ1v) is 7.78. The summed E-state index contributed by atoms with van der Waals surface area (Å²) >= 11 is 0. The van der Waals surface area contributed by atoms with Crippen LogP contribution in [0.25, 0.3) is 0 Å². The highest BCUT2D eigenvalue weighted by atomic mass is 16.6. The number of amides is 1. The molecule has 0 aliphatic carbocycles. The fraction of sp³-hybridized carbons (Fsp3) is 0.733. The number of likely N-dealkylation sites (N-methyl/N-ethyl adjacent to an activating group) is 1. The zero-order chi connectivity index (χ0) is 17.9. The summed E-state index contributed by atoms with van der Waals surface area (Å²) in [5, 5.41) is 0. The van der Waals surface area contributed by atoms with Gasteiger partial charge in [-0.15, -0.1) is 4.98 Å². The van der Waals surface area contributed by atoms with Crippen LogP contribution < -0.4 is 14.4 Å². The van der Waals surface area contributed by atoms with Gasteiger partial charge in [0.05, 0.1) is 20.3 Å². The first-order chi connectivity index (χ1) is 11.2. The van der Waals surface area contributed by atoms with E-state index in [1.54, 1.807) is 11.9 Å². The van der Waals surface area contributed by atoms with Crippen molar-refractivity contribution in [3.8, 4) is 12.0 Å². The Labute approximate surface area is 141 Å². The van der Waals surface area contributed by atoms with Crippen molar-refractivity contribution in [1.82, 2.24) is 19.9 Å². The van der Waals surface area contributed by atoms with Gasteiger partial charge >= 0.3 is 18.1 Å². The van der Waals surface area contributed by atoms with Crippen LogP contribution in [0.3, 0.4) is 0 Å². The van der Waals surface area contributed by atoms with Crippen LogP contribution in [0.5, 0.6) is 12.0 Å². The molecule has 2 rings (SSSR count). The first kappa shape index (κ1) is 18.0. The minimum Gasteiger partial charge on any atom is -0.467 e. The van der Waals surface area contributed by atoms with E-state index in [9.17, 15) is 4.79 Å². The fourth-order valence-corrected chi connectivity index (χ4v) is 2.37. The van der Waals surface area contributed by atoms with Gasteiger partial charge in [0.25, 0.3) is 0 Å². The van der Waals surface area contributed by atoms with Crippen molar-refractivity contribution in [2.75, 3.05) is 39.3 Å². The third-order valence-corrected chi connectivity index (χ3v) is 3.62. The van der Waals surface area contributed by atoms with Crippen molar-refractivity contribution >= 4 is 12.0 Å². The standard InChI is InChI=1S/C15H25N5O4/c1-15(2,3)24-14(21)19(4)10-7-8-20(9-10)11-16-12(22-5)18-13(17-11)23-6/h10H,7-9H2,1-6H3/t10-/m1/s1. The van der Waals surface area contributed by atoms with Gasteiger partial charge in [-0.1, -0.05) is 0 Å². The maximum Gasteiger partial charge on any atom is 0.410 e. The molecule has 0 bridgehead atoms. The van der Waals surface area contributed by atoms with Crippen LogP contribution in [0, 0.1) is 0 Å². The SMILES string of the molecule is COc1nc(OC)nc(N2CC[C@@H](N(C)C(=O)OC(C)(C)C)C2)n1. The fourth-order valence-electron chi connectivity index (χ4n) is 2.37. The van der Waals surface area contributed by atoms with E-state index in [-0.39, 0.29) is 24.2 Å². The zero-order valence-corrected chi connectivity index (χ0v) is 15.1. The summed E-state index contributed by atoms with van der Waals surface area (Å²) < 4.78 is 15.6. The van der Waals surface area contributed by atoms with E-state index in [1.807, 2.05) is 25.7 Å². The molecule has 0 aromatic carbocycles. The van der Waals surface area contributed by atoms with Gasteiger partial charge in [-0.3, -0.25) is 0 Å². The molecule has 1 amide bonds. The number of anilines is 1. The van der Waals surface area contributed by atoms with E-state index in [0.29, 0.717) is 19.0 Å². The predicted octanol–water partition coefficient (Wildman–Crippen LogP) is 1.33. The van der Waals surface area contributed by atoms with Gasteiger partial charge in [0.15, 0.2) is 0 Å². The van der Waals surface area contributed by atoms with Gasteiger partial charge in [-0.2, -0.15) is 9.97 Å². The van der Waals surface area contributed by atoms with Crippen molar-refractivity contribution in [3.63, 3.8) is 0 Å². The van der Waals surface area contributed by atoms with Crippen molar-refractivity contribution in [3.05, 3.63) is 0 Å². The maximum atomic E-state index is 12.2. The van der Waals surface area contributed by atoms with Gasteiger partial charge in [0.1, 0.15) is 5.60 Å². The van der Waals surface area contributed by atoms with Crippen molar-refractivity contribution in [2.24, 2.45) is 0 Å². The highest BCUT2D eigenvalue weighted by molar-refractivity contribution is 5.68. The molecule has 0 radical (unpaired) electrons. The lowest BCUT2D eigenvalue weighted by Crippen LogP contribution is -2.42. The van der Waals surface area contributed by atoms with Gasteiger partial charge in [-0.05, 0) is 27.2 Å². The lowest BCUT2D eigenvalue weighted by atomic mass is 10.2. The summed E-state index contributed by atoms with van der Waals surface area (Å²) in [6, 6.07) is 0.412. The van der Waals surface area contributed by atoms with Crippen LogP contribution in [-0.2, 0) is 4.74 Å². The monoisotopic (exact) mass is 339 g/mol. The minimum absolute atomic E-state index is 0.0219. The Morgan fingerprint density at radius 1 is 1.17 bits per heavy atom. The second kappa shape index (κ2) is 7.06. The molecule has 1 saturated heterocycles. The lowest BCUT2D eigenvalue weighted by molar-refractivity contribution is 0.0237. The number of hydrogen-bond donors (Lipinski definition) is 0. The molecule has 1 fully saturated rings. The lowest BCUT2D eigenvalue weighted by Gasteiger charge is -2.28. The molecule has 0 N–H and O–H groups in total. The number of carbonyl (C=O) groups excluding carboxylic acids is 1. The number of methoxy groups -OCH3 is 2. The van der Waals surface area contributed by atoms with E-state index in [4.69, 9.17) is 14.2 Å². The van der Waals surface area contributed by atoms with Gasteiger partial charge in [0, 0.05) is 20.1 Å². The Kier molecular flexibility index (Phi) is 5.30. The van der Waals surface area contributed by atoms with E-state index in [0.717, 1.165) is 6.42 Å². The van der Waals surface area contributed by atoms with Crippen LogP contribution in [0.4, 0.5) is 10.7 Å². The topological polar surface area (TPSA) is 89.9 Å². The molecule has 0 saturated carbocycles. The molecule has 1 aromatic heterocycles. The van der Waals surface area contributed by atoms with E-state index < -0.39 is 5.60 Å². The quantitative estimate of drug-likeness (QED) is 0.812. The van der Waals surface area contributed by atoms with Crippen molar-refractivity contribution in [1.29, 1.82) is 0 Å². The number of rotatable bonds is 4. The molecule has 0 spiro atoms. The van der Waals surface area contributed by atoms with E-state index in [2.05, 4.69) is 15.0 Å². The Morgan fingerprint density at radius 2 is 1.75 bits per heavy atom. The molecule has 134 valence electrons. The number of hydrogen-bond acceptors (Lipinski definition) is 8. The molecule has 24 heavy (non-hydrogen) atoms. The van der Waals surface area contributed by atoms with E-state index in [1.165, 1.54) is 14.2 Å². The summed E-state index contributed by atoms with van der Waals surface area (Å²) in [4.78, 5) is 28.3. The van der Waals surface area contributed by atoms with Crippen LogP contribution in [0.2, 0.25) is 0 Å². The van der Waals surface area contributed by atoms with Crippen molar-refractivity contribution < 1.29 is 19.0 Å². The van der Waals surface area contributed by atoms with Gasteiger partial charge in [0.2, 0.25) is 5.95 Å². The summed E-state index contributed by atoms with van der Waals surface area (Å²) in [6.45, 7) is 6.87. The number of aromatic nitrogens is 3. The normalized spacial score (nSPS) is 17.6. The molecule has 9 nitrogen and oxygen atoms in total. The number of nitrogens with zero attached hydrogens (tertiary/aromatic N) is 5. The van der Waals surface area contributed by atoms with Crippen LogP contribution in [0.15, 0.2) is 0 Å². The average molecular weight is 339 g/mol. The van der Waals surface area contributed by atoms with E-state index >= 15 is 0 Å². The summed E-state index contributed by atoms with van der Waals surface area (Å²) in [5.74, 6) is 0.471. The van der Waals surface area contributed by atoms with Gasteiger partial charge in [-0.25, -0.2) is 4.79 Å². The molecule has 1 aromatic rings. The second-order valence-electron chi connectivity index (χ2n) is 6.59. The third kappa shape index (κ3) is 4.36. The molecule has 1 aliphatic heterocycles. The molecular weight excluding hydrogens is 314 g/mol. The summed E-state index contributed by atoms with van der Waals surface area (Å²) in [6.07, 6.45) is 0.464. The van der Waals surface area contributed by atoms with Crippen molar-refractivity contribution in [2.45, 2.75) is 38.8 Å². The van der Waals surface area contributed by atoms with Gasteiger partial charge < -0.3 is 24.0 Å². The second-order valence-corrected chi connectivity index (χ2v) is 6.59. The Morgan fingerprint density at radius 3 is 2.25 bits per heavy atom. The molecule has 1 atom stereocenters. The smallest absolute Gasteiger partial charge is 0.410 e. The van der Waals surface area contributed by atoms with Crippen LogP contribution in [-0.4, -0.2) is 71.9 Å². The van der Waals surface area contributed by atoms with Crippen LogP contribution >= 0.6 is 0 Å². The minimum atomic E-state index is -0.515. The molecule has 2 heterocycles. The first-order valence-electron chi connectivity index (χ1n) is 7.78. The molecule has 9 heteroatoms. The molecular formula is C15H25N5O4. The largest absolute Gasteiger partial charge is 0.467 e. The molecule has 0 unspecified atom stereocenters. The maximum absolute atomic E-state index is 12.2. The predicted molar refractivity (Wildman–Crippen MR) is 87.5 cm³/mol. The summed E-state index contributed by atoms with van der Waals surface area (Å²) in [5.41, 5.74) is -0.515. The Balaban J connectivity index is 2.06. The number of carbonyl (C=O) groups is 1. The zero-order valence-electron chi connectivity index (χ0n) is 15.1. The molecule has 1 aliphatic rings. The third-order valence-electron chi connectivity index (χ3n) is 3.62. The average Bonchev–Trinajstić information content (AvgIpc) is 3.01. The summed E-state index contributed by atoms with van der Waals surface area (Å²) in [7, 11) is 4.72. The van der Waals surface area contributed by atoms with Crippen LogP contribution in [0.1, 0.15) is 27.2 Å². The highest BCUT2D eigenvalue weighted by Crippen LogP contribution is 2.23.